The van der Waals surface area contributed by atoms with E-state index in [2.05, 4.69) is 31.0 Å². The quantitative estimate of drug-likeness (QED) is 0.804. The Balaban J connectivity index is 2.65. The van der Waals surface area contributed by atoms with E-state index in [0.717, 1.165) is 17.0 Å². The number of benzene rings is 1. The molecule has 2 aromatic rings. The second kappa shape index (κ2) is 5.21. The predicted octanol–water partition coefficient (Wildman–Crippen LogP) is 4.19. The first-order chi connectivity index (χ1) is 8.63. The number of ether oxygens (including phenoxy) is 1. The number of hydrogen-bond donors (Lipinski definition) is 0. The fraction of sp³-hybridized carbons (Fsp3) is 0.312. The van der Waals surface area contributed by atoms with Gasteiger partial charge in [0.25, 0.3) is 0 Å². The van der Waals surface area contributed by atoms with Crippen molar-refractivity contribution >= 4 is 0 Å². The molecule has 0 fully saturated rings. The second-order valence-corrected chi connectivity index (χ2v) is 4.77. The van der Waals surface area contributed by atoms with Gasteiger partial charge in [0.05, 0.1) is 7.11 Å². The Labute approximate surface area is 109 Å². The van der Waals surface area contributed by atoms with Crippen LogP contribution in [0.2, 0.25) is 0 Å². The Bertz CT molecular complexity index is 547. The number of aryl methyl sites for hydroxylation is 1. The standard InChI is InChI=1S/C16H19NO/c1-11(2)15-10-17-12(3)9-14(15)13-7-5-6-8-16(13)18-4/h5-11H,1-4H3. The largest absolute Gasteiger partial charge is 0.496 e. The lowest BCUT2D eigenvalue weighted by molar-refractivity contribution is 0.416. The molecule has 1 heterocycles. The molecule has 2 rings (SSSR count). The van der Waals surface area contributed by atoms with Gasteiger partial charge in [-0.15, -0.1) is 0 Å². The monoisotopic (exact) mass is 241 g/mol. The van der Waals surface area contributed by atoms with Gasteiger partial charge in [-0.25, -0.2) is 0 Å². The highest BCUT2D eigenvalue weighted by molar-refractivity contribution is 5.73. The van der Waals surface area contributed by atoms with Gasteiger partial charge in [-0.3, -0.25) is 4.98 Å². The number of hydrogen-bond acceptors (Lipinski definition) is 2. The van der Waals surface area contributed by atoms with Crippen LogP contribution in [0.1, 0.15) is 31.0 Å². The molecule has 0 radical (unpaired) electrons. The van der Waals surface area contributed by atoms with Gasteiger partial charge in [-0.05, 0) is 36.1 Å². The van der Waals surface area contributed by atoms with E-state index in [1.165, 1.54) is 11.1 Å². The molecule has 94 valence electrons. The zero-order valence-electron chi connectivity index (χ0n) is 11.4. The van der Waals surface area contributed by atoms with Gasteiger partial charge in [0.1, 0.15) is 5.75 Å². The summed E-state index contributed by atoms with van der Waals surface area (Å²) in [6, 6.07) is 10.3. The molecule has 0 N–H and O–H groups in total. The fourth-order valence-corrected chi connectivity index (χ4v) is 2.13. The molecule has 2 nitrogen and oxygen atoms in total. The molecule has 0 aliphatic rings. The SMILES string of the molecule is COc1ccccc1-c1cc(C)ncc1C(C)C. The van der Waals surface area contributed by atoms with Crippen molar-refractivity contribution in [3.63, 3.8) is 0 Å². The molecule has 2 heteroatoms. The van der Waals surface area contributed by atoms with Crippen LogP contribution in [0.3, 0.4) is 0 Å². The average molecular weight is 241 g/mol. The van der Waals surface area contributed by atoms with E-state index in [1.54, 1.807) is 7.11 Å². The lowest BCUT2D eigenvalue weighted by Crippen LogP contribution is -1.97. The van der Waals surface area contributed by atoms with Crippen LogP contribution in [-0.4, -0.2) is 12.1 Å². The molecule has 0 unspecified atom stereocenters. The summed E-state index contributed by atoms with van der Waals surface area (Å²) in [5.74, 6) is 1.35. The normalized spacial score (nSPS) is 10.7. The molecule has 0 bridgehead atoms. The van der Waals surface area contributed by atoms with Crippen molar-refractivity contribution in [3.05, 3.63) is 47.8 Å². The van der Waals surface area contributed by atoms with Crippen LogP contribution in [0.5, 0.6) is 5.75 Å². The van der Waals surface area contributed by atoms with Gasteiger partial charge in [0, 0.05) is 17.5 Å². The topological polar surface area (TPSA) is 22.1 Å². The molecule has 0 atom stereocenters. The van der Waals surface area contributed by atoms with E-state index < -0.39 is 0 Å². The molecule has 0 aliphatic carbocycles. The summed E-state index contributed by atoms with van der Waals surface area (Å²) in [6.07, 6.45) is 1.97. The predicted molar refractivity (Wildman–Crippen MR) is 75.1 cm³/mol. The summed E-state index contributed by atoms with van der Waals surface area (Å²) >= 11 is 0. The number of pyridine rings is 1. The maximum absolute atomic E-state index is 5.45. The van der Waals surface area contributed by atoms with E-state index in [-0.39, 0.29) is 0 Å². The maximum Gasteiger partial charge on any atom is 0.126 e. The highest BCUT2D eigenvalue weighted by atomic mass is 16.5. The van der Waals surface area contributed by atoms with Crippen LogP contribution in [0, 0.1) is 6.92 Å². The molecule has 0 spiro atoms. The first-order valence-electron chi connectivity index (χ1n) is 6.23. The number of nitrogens with zero attached hydrogens (tertiary/aromatic N) is 1. The van der Waals surface area contributed by atoms with Crippen molar-refractivity contribution < 1.29 is 4.74 Å². The Morgan fingerprint density at radius 2 is 1.83 bits per heavy atom. The maximum atomic E-state index is 5.45. The van der Waals surface area contributed by atoms with Gasteiger partial charge >= 0.3 is 0 Å². The third-order valence-electron chi connectivity index (χ3n) is 3.09. The van der Waals surface area contributed by atoms with Gasteiger partial charge in [-0.1, -0.05) is 32.0 Å². The number of rotatable bonds is 3. The van der Waals surface area contributed by atoms with Crippen molar-refractivity contribution in [3.8, 4) is 16.9 Å². The lowest BCUT2D eigenvalue weighted by Gasteiger charge is -2.15. The Hall–Kier alpha value is -1.83. The van der Waals surface area contributed by atoms with E-state index in [4.69, 9.17) is 4.74 Å². The minimum Gasteiger partial charge on any atom is -0.496 e. The lowest BCUT2D eigenvalue weighted by atomic mass is 9.93. The third-order valence-corrected chi connectivity index (χ3v) is 3.09. The fourth-order valence-electron chi connectivity index (χ4n) is 2.13. The van der Waals surface area contributed by atoms with Crippen molar-refractivity contribution in [1.82, 2.24) is 4.98 Å². The Kier molecular flexibility index (Phi) is 3.66. The zero-order valence-corrected chi connectivity index (χ0v) is 11.4. The van der Waals surface area contributed by atoms with E-state index in [1.807, 2.05) is 31.3 Å². The van der Waals surface area contributed by atoms with Crippen LogP contribution >= 0.6 is 0 Å². The van der Waals surface area contributed by atoms with Crippen molar-refractivity contribution in [2.24, 2.45) is 0 Å². The van der Waals surface area contributed by atoms with Gasteiger partial charge < -0.3 is 4.74 Å². The molecule has 18 heavy (non-hydrogen) atoms. The molecular weight excluding hydrogens is 222 g/mol. The smallest absolute Gasteiger partial charge is 0.126 e. The number of methoxy groups -OCH3 is 1. The van der Waals surface area contributed by atoms with Crippen molar-refractivity contribution in [1.29, 1.82) is 0 Å². The van der Waals surface area contributed by atoms with E-state index in [9.17, 15) is 0 Å². The first-order valence-corrected chi connectivity index (χ1v) is 6.23. The third kappa shape index (κ3) is 2.37. The summed E-state index contributed by atoms with van der Waals surface area (Å²) in [5.41, 5.74) is 4.63. The molecule has 0 saturated carbocycles. The van der Waals surface area contributed by atoms with Crippen LogP contribution in [0.25, 0.3) is 11.1 Å². The summed E-state index contributed by atoms with van der Waals surface area (Å²) in [4.78, 5) is 4.40. The first kappa shape index (κ1) is 12.6. The Morgan fingerprint density at radius 1 is 1.11 bits per heavy atom. The van der Waals surface area contributed by atoms with Crippen molar-refractivity contribution in [2.75, 3.05) is 7.11 Å². The minimum absolute atomic E-state index is 0.443. The van der Waals surface area contributed by atoms with Crippen LogP contribution in [0.15, 0.2) is 36.5 Å². The van der Waals surface area contributed by atoms with Crippen LogP contribution < -0.4 is 4.74 Å². The second-order valence-electron chi connectivity index (χ2n) is 4.77. The summed E-state index contributed by atoms with van der Waals surface area (Å²) in [7, 11) is 1.71. The molecular formula is C16H19NO. The van der Waals surface area contributed by atoms with E-state index in [0.29, 0.717) is 5.92 Å². The summed E-state index contributed by atoms with van der Waals surface area (Å²) in [5, 5.41) is 0. The van der Waals surface area contributed by atoms with E-state index >= 15 is 0 Å². The number of aromatic nitrogens is 1. The molecule has 1 aromatic carbocycles. The van der Waals surface area contributed by atoms with Crippen LogP contribution in [-0.2, 0) is 0 Å². The highest BCUT2D eigenvalue weighted by Gasteiger charge is 2.12. The zero-order chi connectivity index (χ0) is 13.1. The van der Waals surface area contributed by atoms with Gasteiger partial charge in [-0.2, -0.15) is 0 Å². The molecule has 0 saturated heterocycles. The average Bonchev–Trinajstić information content (AvgIpc) is 2.38. The molecule has 0 amide bonds. The van der Waals surface area contributed by atoms with Gasteiger partial charge in [0.2, 0.25) is 0 Å². The molecule has 1 aromatic heterocycles. The van der Waals surface area contributed by atoms with Crippen LogP contribution in [0.4, 0.5) is 0 Å². The minimum atomic E-state index is 0.443. The van der Waals surface area contributed by atoms with Gasteiger partial charge in [0.15, 0.2) is 0 Å². The van der Waals surface area contributed by atoms with Crippen molar-refractivity contribution in [2.45, 2.75) is 26.7 Å². The summed E-state index contributed by atoms with van der Waals surface area (Å²) < 4.78 is 5.45. The summed E-state index contributed by atoms with van der Waals surface area (Å²) in [6.45, 7) is 6.39. The Morgan fingerprint density at radius 3 is 2.50 bits per heavy atom. The number of para-hydroxylation sites is 1. The molecule has 0 aliphatic heterocycles. The highest BCUT2D eigenvalue weighted by Crippen LogP contribution is 2.35.